The number of rotatable bonds is 6. The van der Waals surface area contributed by atoms with E-state index in [4.69, 9.17) is 0 Å². The van der Waals surface area contributed by atoms with E-state index in [1.165, 1.54) is 0 Å². The van der Waals surface area contributed by atoms with E-state index in [9.17, 15) is 4.79 Å². The zero-order valence-electron chi connectivity index (χ0n) is 11.1. The molecule has 1 aliphatic rings. The van der Waals surface area contributed by atoms with Crippen LogP contribution in [0.4, 0.5) is 0 Å². The van der Waals surface area contributed by atoms with Crippen LogP contribution in [-0.2, 0) is 4.79 Å². The van der Waals surface area contributed by atoms with E-state index >= 15 is 0 Å². The number of hydrogen-bond acceptors (Lipinski definition) is 2. The van der Waals surface area contributed by atoms with Gasteiger partial charge in [-0.1, -0.05) is 34.1 Å². The molecule has 0 saturated carbocycles. The van der Waals surface area contributed by atoms with E-state index in [1.54, 1.807) is 0 Å². The monoisotopic (exact) mass is 226 g/mol. The second-order valence-corrected chi connectivity index (χ2v) is 5.05. The summed E-state index contributed by atoms with van der Waals surface area (Å²) < 4.78 is 0. The molecule has 1 aliphatic heterocycles. The number of nitrogens with one attached hydrogen (secondary N) is 1. The van der Waals surface area contributed by atoms with E-state index in [1.807, 2.05) is 0 Å². The van der Waals surface area contributed by atoms with Crippen LogP contribution in [0.2, 0.25) is 0 Å². The summed E-state index contributed by atoms with van der Waals surface area (Å²) in [6.07, 6.45) is 4.34. The Balaban J connectivity index is 2.54. The zero-order chi connectivity index (χ0) is 12.1. The molecule has 1 heterocycles. The summed E-state index contributed by atoms with van der Waals surface area (Å²) in [6, 6.07) is 0.905. The van der Waals surface area contributed by atoms with Crippen molar-refractivity contribution in [3.8, 4) is 0 Å². The summed E-state index contributed by atoms with van der Waals surface area (Å²) in [4.78, 5) is 14.3. The average molecular weight is 226 g/mol. The highest BCUT2D eigenvalue weighted by Crippen LogP contribution is 2.20. The molecule has 0 radical (unpaired) electrons. The van der Waals surface area contributed by atoms with Crippen molar-refractivity contribution in [1.82, 2.24) is 10.2 Å². The summed E-state index contributed by atoms with van der Waals surface area (Å²) in [6.45, 7) is 9.49. The summed E-state index contributed by atoms with van der Waals surface area (Å²) in [5.74, 6) is 0.314. The maximum Gasteiger partial charge on any atom is 0.240 e. The lowest BCUT2D eigenvalue weighted by molar-refractivity contribution is -0.131. The Bertz CT molecular complexity index is 228. The lowest BCUT2D eigenvalue weighted by atomic mass is 10.1. The Labute approximate surface area is 99.6 Å². The summed E-state index contributed by atoms with van der Waals surface area (Å²) >= 11 is 0. The van der Waals surface area contributed by atoms with Crippen molar-refractivity contribution in [1.29, 1.82) is 0 Å². The van der Waals surface area contributed by atoms with Crippen LogP contribution in [0.25, 0.3) is 0 Å². The number of hydrogen-bond donors (Lipinski definition) is 1. The van der Waals surface area contributed by atoms with Gasteiger partial charge in [0.2, 0.25) is 5.91 Å². The fourth-order valence-electron chi connectivity index (χ4n) is 2.54. The van der Waals surface area contributed by atoms with Crippen molar-refractivity contribution in [3.63, 3.8) is 0 Å². The number of nitrogens with zero attached hydrogens (tertiary/aromatic N) is 1. The third kappa shape index (κ3) is 3.21. The first-order valence-corrected chi connectivity index (χ1v) is 6.66. The van der Waals surface area contributed by atoms with E-state index in [-0.39, 0.29) is 6.04 Å². The Kier molecular flexibility index (Phi) is 5.26. The molecule has 1 saturated heterocycles. The van der Waals surface area contributed by atoms with E-state index < -0.39 is 0 Å². The largest absolute Gasteiger partial charge is 0.338 e. The predicted molar refractivity (Wildman–Crippen MR) is 67.4 cm³/mol. The minimum absolute atomic E-state index is 0.0610. The van der Waals surface area contributed by atoms with Crippen molar-refractivity contribution in [2.75, 3.05) is 6.54 Å². The molecule has 2 unspecified atom stereocenters. The Morgan fingerprint density at radius 1 is 1.44 bits per heavy atom. The van der Waals surface area contributed by atoms with Crippen LogP contribution >= 0.6 is 0 Å². The molecular weight excluding hydrogens is 200 g/mol. The third-order valence-corrected chi connectivity index (χ3v) is 3.31. The van der Waals surface area contributed by atoms with Gasteiger partial charge in [-0.25, -0.2) is 0 Å². The molecule has 1 rings (SSSR count). The molecule has 2 atom stereocenters. The molecule has 1 N–H and O–H groups in total. The maximum absolute atomic E-state index is 12.2. The summed E-state index contributed by atoms with van der Waals surface area (Å²) in [5.41, 5.74) is 0. The van der Waals surface area contributed by atoms with E-state index in [2.05, 4.69) is 37.9 Å². The van der Waals surface area contributed by atoms with E-state index in [0.717, 1.165) is 32.2 Å². The fourth-order valence-corrected chi connectivity index (χ4v) is 2.54. The van der Waals surface area contributed by atoms with Crippen LogP contribution in [0.1, 0.15) is 53.4 Å². The smallest absolute Gasteiger partial charge is 0.240 e. The zero-order valence-corrected chi connectivity index (χ0v) is 11.1. The Hall–Kier alpha value is -0.570. The number of likely N-dealkylation sites (tertiary alicyclic amines) is 1. The van der Waals surface area contributed by atoms with E-state index in [0.29, 0.717) is 18.0 Å². The Morgan fingerprint density at radius 2 is 2.12 bits per heavy atom. The quantitative estimate of drug-likeness (QED) is 0.753. The van der Waals surface area contributed by atoms with Gasteiger partial charge in [-0.15, -0.1) is 0 Å². The first kappa shape index (κ1) is 13.5. The third-order valence-electron chi connectivity index (χ3n) is 3.31. The number of amides is 1. The Morgan fingerprint density at radius 3 is 2.62 bits per heavy atom. The second kappa shape index (κ2) is 6.24. The van der Waals surface area contributed by atoms with Gasteiger partial charge < -0.3 is 10.2 Å². The second-order valence-electron chi connectivity index (χ2n) is 5.05. The van der Waals surface area contributed by atoms with Gasteiger partial charge in [0.05, 0.1) is 6.04 Å². The molecule has 0 bridgehead atoms. The first-order valence-electron chi connectivity index (χ1n) is 6.66. The highest BCUT2D eigenvalue weighted by atomic mass is 16.2. The van der Waals surface area contributed by atoms with Gasteiger partial charge in [0.25, 0.3) is 0 Å². The average Bonchev–Trinajstić information content (AvgIpc) is 2.57. The van der Waals surface area contributed by atoms with Crippen LogP contribution in [0.15, 0.2) is 0 Å². The van der Waals surface area contributed by atoms with Crippen LogP contribution in [0, 0.1) is 0 Å². The van der Waals surface area contributed by atoms with Gasteiger partial charge in [0, 0.05) is 18.6 Å². The molecule has 94 valence electrons. The molecule has 0 aromatic rings. The van der Waals surface area contributed by atoms with Crippen molar-refractivity contribution in [2.24, 2.45) is 0 Å². The van der Waals surface area contributed by atoms with Gasteiger partial charge in [-0.05, 0) is 19.3 Å². The molecule has 3 heteroatoms. The lowest BCUT2D eigenvalue weighted by Gasteiger charge is -2.27. The predicted octanol–water partition coefficient (Wildman–Crippen LogP) is 2.16. The minimum atomic E-state index is 0.0610. The lowest BCUT2D eigenvalue weighted by Crippen LogP contribution is -2.44. The highest BCUT2D eigenvalue weighted by molar-refractivity contribution is 5.84. The maximum atomic E-state index is 12.2. The molecule has 1 fully saturated rings. The van der Waals surface area contributed by atoms with Gasteiger partial charge in [-0.2, -0.15) is 0 Å². The molecule has 0 aromatic heterocycles. The molecule has 0 aromatic carbocycles. The molecule has 0 spiro atoms. The fraction of sp³-hybridized carbons (Fsp3) is 0.923. The molecular formula is C13H26N2O. The van der Waals surface area contributed by atoms with Crippen LogP contribution in [0.5, 0.6) is 0 Å². The van der Waals surface area contributed by atoms with Crippen LogP contribution in [0.3, 0.4) is 0 Å². The number of carbonyl (C=O) groups is 1. The minimum Gasteiger partial charge on any atom is -0.338 e. The van der Waals surface area contributed by atoms with Gasteiger partial charge in [0.15, 0.2) is 0 Å². The number of carbonyl (C=O) groups excluding carboxylic acids is 1. The summed E-state index contributed by atoms with van der Waals surface area (Å²) in [7, 11) is 0. The normalized spacial score (nSPS) is 23.2. The SMILES string of the molecule is CCCC(CC)N1CCC(NC(C)C)C1=O. The van der Waals surface area contributed by atoms with Gasteiger partial charge >= 0.3 is 0 Å². The van der Waals surface area contributed by atoms with Gasteiger partial charge in [-0.3, -0.25) is 4.79 Å². The van der Waals surface area contributed by atoms with Crippen molar-refractivity contribution >= 4 is 5.91 Å². The van der Waals surface area contributed by atoms with Crippen molar-refractivity contribution in [2.45, 2.75) is 71.5 Å². The molecule has 3 nitrogen and oxygen atoms in total. The van der Waals surface area contributed by atoms with Crippen LogP contribution < -0.4 is 5.32 Å². The standard InChI is InChI=1S/C13H26N2O/c1-5-7-11(6-2)15-9-8-12(13(15)16)14-10(3)4/h10-12,14H,5-9H2,1-4H3. The highest BCUT2D eigenvalue weighted by Gasteiger charge is 2.34. The van der Waals surface area contributed by atoms with Crippen molar-refractivity contribution < 1.29 is 4.79 Å². The molecule has 1 amide bonds. The summed E-state index contributed by atoms with van der Waals surface area (Å²) in [5, 5.41) is 3.35. The first-order chi connectivity index (χ1) is 7.60. The van der Waals surface area contributed by atoms with Crippen molar-refractivity contribution in [3.05, 3.63) is 0 Å². The molecule has 16 heavy (non-hydrogen) atoms. The van der Waals surface area contributed by atoms with Gasteiger partial charge in [0.1, 0.15) is 0 Å². The van der Waals surface area contributed by atoms with Crippen LogP contribution in [-0.4, -0.2) is 35.5 Å². The molecule has 0 aliphatic carbocycles. The topological polar surface area (TPSA) is 32.3 Å².